The molecule has 1 aliphatic rings. The normalized spacial score (nSPS) is 21.5. The lowest BCUT2D eigenvalue weighted by atomic mass is 9.98. The van der Waals surface area contributed by atoms with Gasteiger partial charge < -0.3 is 50.5 Å². The zero-order valence-corrected chi connectivity index (χ0v) is 39.2. The monoisotopic (exact) mass is 872 g/mol. The molecule has 61 heavy (non-hydrogen) atoms. The van der Waals surface area contributed by atoms with Gasteiger partial charge in [0, 0.05) is 0 Å². The Bertz CT molecular complexity index is 1000. The summed E-state index contributed by atoms with van der Waals surface area (Å²) in [5.41, 5.74) is 0. The lowest BCUT2D eigenvalue weighted by Gasteiger charge is -2.40. The number of unbranched alkanes of at least 4 members (excludes halogenated alkanes) is 29. The number of aliphatic hydroxyl groups is 7. The lowest BCUT2D eigenvalue weighted by molar-refractivity contribution is -0.303. The van der Waals surface area contributed by atoms with Crippen LogP contribution in [0, 0.1) is 0 Å². The van der Waals surface area contributed by atoms with Gasteiger partial charge in [-0.25, -0.2) is 0 Å². The van der Waals surface area contributed by atoms with Crippen LogP contribution < -0.4 is 5.32 Å². The third-order valence-electron chi connectivity index (χ3n) is 12.6. The number of allylic oxidation sites excluding steroid dienone is 2. The van der Waals surface area contributed by atoms with Crippen molar-refractivity contribution < 1.29 is 50.0 Å². The van der Waals surface area contributed by atoms with Crippen LogP contribution in [0.3, 0.4) is 0 Å². The van der Waals surface area contributed by atoms with E-state index in [1.54, 1.807) is 0 Å². The van der Waals surface area contributed by atoms with Crippen LogP contribution in [-0.2, 0) is 14.3 Å². The minimum absolute atomic E-state index is 0.240. The summed E-state index contributed by atoms with van der Waals surface area (Å²) in [7, 11) is 0. The van der Waals surface area contributed by atoms with Crippen LogP contribution >= 0.6 is 0 Å². The third-order valence-corrected chi connectivity index (χ3v) is 12.6. The highest BCUT2D eigenvalue weighted by Gasteiger charge is 2.44. The van der Waals surface area contributed by atoms with Gasteiger partial charge in [-0.1, -0.05) is 212 Å². The van der Waals surface area contributed by atoms with E-state index in [0.29, 0.717) is 19.3 Å². The number of carbonyl (C=O) groups is 1. The fraction of sp³-hybridized carbons (Fsp3) is 0.940. The van der Waals surface area contributed by atoms with Crippen molar-refractivity contribution in [2.75, 3.05) is 13.2 Å². The minimum atomic E-state index is -1.66. The van der Waals surface area contributed by atoms with Gasteiger partial charge >= 0.3 is 0 Å². The summed E-state index contributed by atoms with van der Waals surface area (Å²) in [5, 5.41) is 75.6. The smallest absolute Gasteiger partial charge is 0.249 e. The fourth-order valence-electron chi connectivity index (χ4n) is 8.31. The molecule has 1 amide bonds. The standard InChI is InChI=1S/C50H97NO10/c1-3-5-7-9-11-13-14-15-16-17-18-19-20-21-22-23-24-25-26-27-28-30-31-33-35-37-42(53)45(55)41(40-60-50-48(58)47(57)46(56)44(39-52)61-50)51-49(59)43(54)38-36-34-32-29-12-10-8-6-4-2/h10,12,41-48,50,52-58H,3-9,11,13-40H2,1-2H3,(H,51,59)/b12-10-. The van der Waals surface area contributed by atoms with Crippen molar-refractivity contribution in [3.63, 3.8) is 0 Å². The molecule has 0 aliphatic carbocycles. The number of carbonyl (C=O) groups excluding carboxylic acids is 1. The predicted molar refractivity (Wildman–Crippen MR) is 247 cm³/mol. The largest absolute Gasteiger partial charge is 0.394 e. The Hall–Kier alpha value is -1.15. The van der Waals surface area contributed by atoms with Gasteiger partial charge in [0.2, 0.25) is 5.91 Å². The molecule has 11 nitrogen and oxygen atoms in total. The van der Waals surface area contributed by atoms with E-state index in [9.17, 15) is 40.5 Å². The first kappa shape index (κ1) is 57.9. The summed E-state index contributed by atoms with van der Waals surface area (Å²) in [5.74, 6) is -0.710. The average Bonchev–Trinajstić information content (AvgIpc) is 3.26. The van der Waals surface area contributed by atoms with Crippen LogP contribution in [0.15, 0.2) is 12.2 Å². The van der Waals surface area contributed by atoms with Gasteiger partial charge in [-0.3, -0.25) is 4.79 Å². The Morgan fingerprint density at radius 2 is 0.967 bits per heavy atom. The van der Waals surface area contributed by atoms with E-state index in [0.717, 1.165) is 44.9 Å². The molecule has 0 aromatic carbocycles. The van der Waals surface area contributed by atoms with Crippen molar-refractivity contribution in [3.8, 4) is 0 Å². The number of ether oxygens (including phenoxy) is 2. The molecule has 0 aromatic heterocycles. The molecule has 362 valence electrons. The summed E-state index contributed by atoms with van der Waals surface area (Å²) in [6.07, 6.45) is 32.9. The molecule has 1 heterocycles. The second-order valence-electron chi connectivity index (χ2n) is 18.2. The molecule has 11 heteroatoms. The summed E-state index contributed by atoms with van der Waals surface area (Å²) >= 11 is 0. The van der Waals surface area contributed by atoms with Gasteiger partial charge in [0.05, 0.1) is 25.4 Å². The summed E-state index contributed by atoms with van der Waals surface area (Å²) in [6.45, 7) is 3.39. The summed E-state index contributed by atoms with van der Waals surface area (Å²) < 4.78 is 11.1. The second-order valence-corrected chi connectivity index (χ2v) is 18.2. The summed E-state index contributed by atoms with van der Waals surface area (Å²) in [6, 6.07) is -1.17. The van der Waals surface area contributed by atoms with Crippen LogP contribution in [0.1, 0.15) is 232 Å². The molecule has 1 fully saturated rings. The maximum atomic E-state index is 13.0. The van der Waals surface area contributed by atoms with Crippen molar-refractivity contribution in [2.24, 2.45) is 0 Å². The number of rotatable bonds is 43. The molecule has 1 rings (SSSR count). The quantitative estimate of drug-likeness (QED) is 0.0217. The second kappa shape index (κ2) is 40.4. The van der Waals surface area contributed by atoms with Crippen LogP contribution in [0.2, 0.25) is 0 Å². The Kier molecular flexibility index (Phi) is 38.3. The first-order valence-corrected chi connectivity index (χ1v) is 25.6. The predicted octanol–water partition coefficient (Wildman–Crippen LogP) is 9.23. The van der Waals surface area contributed by atoms with Crippen LogP contribution in [0.4, 0.5) is 0 Å². The Balaban J connectivity index is 2.28. The molecule has 0 radical (unpaired) electrons. The van der Waals surface area contributed by atoms with E-state index in [1.165, 1.54) is 148 Å². The summed E-state index contributed by atoms with van der Waals surface area (Å²) in [4.78, 5) is 13.0. The highest BCUT2D eigenvalue weighted by atomic mass is 16.7. The number of amides is 1. The highest BCUT2D eigenvalue weighted by Crippen LogP contribution is 2.23. The van der Waals surface area contributed by atoms with Crippen LogP contribution in [0.25, 0.3) is 0 Å². The maximum absolute atomic E-state index is 13.0. The van der Waals surface area contributed by atoms with E-state index < -0.39 is 74.2 Å². The molecule has 1 saturated heterocycles. The third kappa shape index (κ3) is 29.8. The van der Waals surface area contributed by atoms with E-state index in [1.807, 2.05) is 0 Å². The first-order valence-electron chi connectivity index (χ1n) is 25.6. The fourth-order valence-corrected chi connectivity index (χ4v) is 8.31. The molecule has 8 N–H and O–H groups in total. The maximum Gasteiger partial charge on any atom is 0.249 e. The molecule has 0 saturated carbocycles. The van der Waals surface area contributed by atoms with Gasteiger partial charge in [0.1, 0.15) is 36.6 Å². The van der Waals surface area contributed by atoms with Crippen LogP contribution in [-0.4, -0.2) is 110 Å². The van der Waals surface area contributed by atoms with Crippen molar-refractivity contribution in [1.82, 2.24) is 5.32 Å². The Labute approximate surface area is 372 Å². The number of hydrogen-bond acceptors (Lipinski definition) is 10. The Morgan fingerprint density at radius 3 is 1.43 bits per heavy atom. The van der Waals surface area contributed by atoms with Gasteiger partial charge in [0.15, 0.2) is 6.29 Å². The van der Waals surface area contributed by atoms with Gasteiger partial charge in [-0.15, -0.1) is 0 Å². The number of nitrogens with one attached hydrogen (secondary N) is 1. The van der Waals surface area contributed by atoms with Gasteiger partial charge in [-0.2, -0.15) is 0 Å². The molecule has 9 atom stereocenters. The SMILES string of the molecule is CCCC/C=C\CCCCCC(O)C(=O)NC(COC1OC(CO)C(O)C(O)C1O)C(O)C(O)CCCCCCCCCCCCCCCCCCCCCCCCCCC. The van der Waals surface area contributed by atoms with Gasteiger partial charge in [0.25, 0.3) is 0 Å². The molecule has 9 unspecified atom stereocenters. The molecule has 0 bridgehead atoms. The number of aliphatic hydroxyl groups excluding tert-OH is 7. The van der Waals surface area contributed by atoms with Crippen LogP contribution in [0.5, 0.6) is 0 Å². The van der Waals surface area contributed by atoms with Gasteiger partial charge in [-0.05, 0) is 32.1 Å². The van der Waals surface area contributed by atoms with Crippen molar-refractivity contribution in [2.45, 2.75) is 287 Å². The van der Waals surface area contributed by atoms with E-state index in [4.69, 9.17) is 9.47 Å². The molecule has 0 spiro atoms. The molecule has 1 aliphatic heterocycles. The average molecular weight is 872 g/mol. The zero-order chi connectivity index (χ0) is 44.8. The lowest BCUT2D eigenvalue weighted by Crippen LogP contribution is -2.60. The van der Waals surface area contributed by atoms with E-state index in [2.05, 4.69) is 31.3 Å². The van der Waals surface area contributed by atoms with E-state index in [-0.39, 0.29) is 6.42 Å². The van der Waals surface area contributed by atoms with Crippen molar-refractivity contribution in [3.05, 3.63) is 12.2 Å². The molecule has 0 aromatic rings. The zero-order valence-electron chi connectivity index (χ0n) is 39.2. The highest BCUT2D eigenvalue weighted by molar-refractivity contribution is 5.80. The Morgan fingerprint density at radius 1 is 0.557 bits per heavy atom. The molecular weight excluding hydrogens is 775 g/mol. The van der Waals surface area contributed by atoms with E-state index >= 15 is 0 Å². The van der Waals surface area contributed by atoms with Crippen molar-refractivity contribution >= 4 is 5.91 Å². The minimum Gasteiger partial charge on any atom is -0.394 e. The molecular formula is C50H97NO10. The van der Waals surface area contributed by atoms with Crippen molar-refractivity contribution in [1.29, 1.82) is 0 Å². The first-order chi connectivity index (χ1) is 29.7. The topological polar surface area (TPSA) is 189 Å². The number of hydrogen-bond donors (Lipinski definition) is 8.